The molecule has 0 fully saturated rings. The molecular weight excluding hydrogens is 190 g/mol. The topological polar surface area (TPSA) is 43.1 Å². The van der Waals surface area contributed by atoms with Crippen molar-refractivity contribution in [1.29, 1.82) is 0 Å². The molecule has 1 aromatic rings. The van der Waals surface area contributed by atoms with Crippen LogP contribution in [-0.2, 0) is 0 Å². The predicted octanol–water partition coefficient (Wildman–Crippen LogP) is 3.58. The molecule has 13 heavy (non-hydrogen) atoms. The van der Waals surface area contributed by atoms with Crippen molar-refractivity contribution in [2.75, 3.05) is 0 Å². The molecule has 0 aliphatic carbocycles. The van der Waals surface area contributed by atoms with Crippen molar-refractivity contribution in [2.24, 2.45) is 0 Å². The molecule has 0 radical (unpaired) electrons. The Bertz CT molecular complexity index is 300. The summed E-state index contributed by atoms with van der Waals surface area (Å²) in [7, 11) is 0. The van der Waals surface area contributed by atoms with Crippen LogP contribution in [0.4, 0.5) is 5.69 Å². The van der Waals surface area contributed by atoms with Crippen molar-refractivity contribution in [3.8, 4) is 0 Å². The fourth-order valence-electron chi connectivity index (χ4n) is 0.794. The standard InChI is InChI=1S/C7H6ClNO2.C2H6/c1-5-6(8)3-2-4-7(5)9(10)11;1-2/h2-4H,1H3;1-2H3. The summed E-state index contributed by atoms with van der Waals surface area (Å²) in [6, 6.07) is 4.62. The quantitative estimate of drug-likeness (QED) is 0.515. The molecule has 0 spiro atoms. The van der Waals surface area contributed by atoms with Gasteiger partial charge in [-0.3, -0.25) is 10.1 Å². The van der Waals surface area contributed by atoms with Gasteiger partial charge in [0.1, 0.15) is 0 Å². The number of rotatable bonds is 1. The van der Waals surface area contributed by atoms with E-state index in [0.717, 1.165) is 0 Å². The summed E-state index contributed by atoms with van der Waals surface area (Å²) in [5, 5.41) is 10.8. The average Bonchev–Trinajstić information content (AvgIpc) is 2.13. The Balaban J connectivity index is 0.000000671. The van der Waals surface area contributed by atoms with Crippen molar-refractivity contribution in [2.45, 2.75) is 20.8 Å². The molecule has 1 rings (SSSR count). The third-order valence-corrected chi connectivity index (χ3v) is 1.85. The summed E-state index contributed by atoms with van der Waals surface area (Å²) in [4.78, 5) is 9.88. The fraction of sp³-hybridized carbons (Fsp3) is 0.333. The Hall–Kier alpha value is -1.09. The van der Waals surface area contributed by atoms with Gasteiger partial charge in [-0.15, -0.1) is 0 Å². The molecule has 0 bridgehead atoms. The predicted molar refractivity (Wildman–Crippen MR) is 54.2 cm³/mol. The fourth-order valence-corrected chi connectivity index (χ4v) is 0.963. The van der Waals surface area contributed by atoms with Crippen LogP contribution in [0.25, 0.3) is 0 Å². The van der Waals surface area contributed by atoms with E-state index < -0.39 is 4.92 Å². The molecule has 0 aliphatic heterocycles. The summed E-state index contributed by atoms with van der Waals surface area (Å²) < 4.78 is 0. The Labute approximate surface area is 82.5 Å². The minimum Gasteiger partial charge on any atom is -0.258 e. The lowest BCUT2D eigenvalue weighted by atomic mass is 10.2. The van der Waals surface area contributed by atoms with Crippen molar-refractivity contribution in [1.82, 2.24) is 0 Å². The lowest BCUT2D eigenvalue weighted by molar-refractivity contribution is -0.385. The van der Waals surface area contributed by atoms with Crippen LogP contribution in [0.1, 0.15) is 19.4 Å². The van der Waals surface area contributed by atoms with Crippen molar-refractivity contribution in [3.63, 3.8) is 0 Å². The van der Waals surface area contributed by atoms with Gasteiger partial charge in [0.25, 0.3) is 5.69 Å². The van der Waals surface area contributed by atoms with Gasteiger partial charge in [0.15, 0.2) is 0 Å². The molecule has 3 nitrogen and oxygen atoms in total. The van der Waals surface area contributed by atoms with Crippen molar-refractivity contribution >= 4 is 17.3 Å². The third-order valence-electron chi connectivity index (χ3n) is 1.44. The molecule has 0 N–H and O–H groups in total. The van der Waals surface area contributed by atoms with Crippen LogP contribution in [0, 0.1) is 17.0 Å². The molecule has 0 aliphatic rings. The highest BCUT2D eigenvalue weighted by Gasteiger charge is 2.10. The number of halogens is 1. The summed E-state index contributed by atoms with van der Waals surface area (Å²) in [6.07, 6.45) is 0. The molecule has 0 amide bonds. The van der Waals surface area contributed by atoms with E-state index in [2.05, 4.69) is 0 Å². The van der Waals surface area contributed by atoms with Crippen molar-refractivity contribution in [3.05, 3.63) is 38.9 Å². The van der Waals surface area contributed by atoms with Gasteiger partial charge < -0.3 is 0 Å². The average molecular weight is 202 g/mol. The van der Waals surface area contributed by atoms with Crippen LogP contribution in [-0.4, -0.2) is 4.92 Å². The first-order valence-electron chi connectivity index (χ1n) is 4.02. The molecule has 0 unspecified atom stereocenters. The van der Waals surface area contributed by atoms with Crippen LogP contribution >= 0.6 is 11.6 Å². The molecule has 4 heteroatoms. The second-order valence-corrected chi connectivity index (χ2v) is 2.55. The minimum atomic E-state index is -0.443. The van der Waals surface area contributed by atoms with Gasteiger partial charge in [-0.05, 0) is 13.0 Å². The van der Waals surface area contributed by atoms with E-state index in [-0.39, 0.29) is 5.69 Å². The van der Waals surface area contributed by atoms with Crippen LogP contribution < -0.4 is 0 Å². The van der Waals surface area contributed by atoms with E-state index in [0.29, 0.717) is 10.6 Å². The molecule has 0 heterocycles. The van der Waals surface area contributed by atoms with Gasteiger partial charge in [0.2, 0.25) is 0 Å². The third kappa shape index (κ3) is 3.03. The Morgan fingerprint density at radius 2 is 1.92 bits per heavy atom. The van der Waals surface area contributed by atoms with E-state index in [9.17, 15) is 10.1 Å². The molecule has 0 saturated heterocycles. The molecule has 0 saturated carbocycles. The molecule has 72 valence electrons. The maximum absolute atomic E-state index is 10.3. The number of hydrogen-bond acceptors (Lipinski definition) is 2. The van der Waals surface area contributed by atoms with Gasteiger partial charge in [-0.25, -0.2) is 0 Å². The zero-order chi connectivity index (χ0) is 10.4. The zero-order valence-corrected chi connectivity index (χ0v) is 8.63. The van der Waals surface area contributed by atoms with Crippen LogP contribution in [0.15, 0.2) is 18.2 Å². The monoisotopic (exact) mass is 201 g/mol. The van der Waals surface area contributed by atoms with Gasteiger partial charge >= 0.3 is 0 Å². The van der Waals surface area contributed by atoms with Gasteiger partial charge in [-0.1, -0.05) is 31.5 Å². The zero-order valence-electron chi connectivity index (χ0n) is 7.87. The normalized spacial score (nSPS) is 8.62. The highest BCUT2D eigenvalue weighted by Crippen LogP contribution is 2.24. The number of nitrogens with zero attached hydrogens (tertiary/aromatic N) is 1. The number of nitro groups is 1. The van der Waals surface area contributed by atoms with E-state index >= 15 is 0 Å². The molecule has 0 atom stereocenters. The molecule has 0 aromatic heterocycles. The number of nitro benzene ring substituents is 1. The Morgan fingerprint density at radius 1 is 1.38 bits per heavy atom. The van der Waals surface area contributed by atoms with Crippen molar-refractivity contribution < 1.29 is 4.92 Å². The second kappa shape index (κ2) is 5.54. The lowest BCUT2D eigenvalue weighted by Gasteiger charge is -1.96. The summed E-state index contributed by atoms with van der Waals surface area (Å²) in [6.45, 7) is 5.63. The van der Waals surface area contributed by atoms with Gasteiger partial charge in [0.05, 0.1) is 9.95 Å². The Kier molecular flexibility index (Phi) is 5.07. The minimum absolute atomic E-state index is 0.0671. The highest BCUT2D eigenvalue weighted by molar-refractivity contribution is 6.31. The summed E-state index contributed by atoms with van der Waals surface area (Å²) in [5.41, 5.74) is 0.580. The van der Waals surface area contributed by atoms with Gasteiger partial charge in [0, 0.05) is 11.6 Å². The first-order chi connectivity index (χ1) is 6.13. The first kappa shape index (κ1) is 11.9. The van der Waals surface area contributed by atoms with E-state index in [4.69, 9.17) is 11.6 Å². The van der Waals surface area contributed by atoms with Crippen LogP contribution in [0.2, 0.25) is 5.02 Å². The van der Waals surface area contributed by atoms with Crippen LogP contribution in [0.5, 0.6) is 0 Å². The van der Waals surface area contributed by atoms with E-state index in [1.807, 2.05) is 13.8 Å². The maximum Gasteiger partial charge on any atom is 0.273 e. The molecular formula is C9H12ClNO2. The van der Waals surface area contributed by atoms with Crippen LogP contribution in [0.3, 0.4) is 0 Å². The SMILES string of the molecule is CC.Cc1c(Cl)cccc1[N+](=O)[O-]. The van der Waals surface area contributed by atoms with Gasteiger partial charge in [-0.2, -0.15) is 0 Å². The molecule has 1 aromatic carbocycles. The first-order valence-corrected chi connectivity index (χ1v) is 4.40. The van der Waals surface area contributed by atoms with E-state index in [1.165, 1.54) is 6.07 Å². The highest BCUT2D eigenvalue weighted by atomic mass is 35.5. The lowest BCUT2D eigenvalue weighted by Crippen LogP contribution is -1.90. The smallest absolute Gasteiger partial charge is 0.258 e. The summed E-state index contributed by atoms with van der Waals surface area (Å²) in [5.74, 6) is 0. The Morgan fingerprint density at radius 3 is 2.31 bits per heavy atom. The van der Waals surface area contributed by atoms with E-state index in [1.54, 1.807) is 19.1 Å². The number of benzene rings is 1. The maximum atomic E-state index is 10.3. The summed E-state index contributed by atoms with van der Waals surface area (Å²) >= 11 is 5.65. The second-order valence-electron chi connectivity index (χ2n) is 2.14. The largest absolute Gasteiger partial charge is 0.273 e. The number of hydrogen-bond donors (Lipinski definition) is 0.